The Bertz CT molecular complexity index is 596. The third-order valence-electron chi connectivity index (χ3n) is 3.45. The summed E-state index contributed by atoms with van der Waals surface area (Å²) in [7, 11) is -3.17. The van der Waals surface area contributed by atoms with Crippen LogP contribution in [0.5, 0.6) is 11.5 Å². The monoisotopic (exact) mass is 269 g/mol. The standard InChI is InChI=1S/C12H15NO4S/c1-8-3-9-4-11-12(17-7-16-11)5-10(9)6-13(8)18(2,14)15/h4-5,8H,3,6-7H2,1-2H3. The summed E-state index contributed by atoms with van der Waals surface area (Å²) < 4.78 is 35.6. The molecular formula is C12H15NO4S. The summed E-state index contributed by atoms with van der Waals surface area (Å²) in [4.78, 5) is 0. The first-order valence-corrected chi connectivity index (χ1v) is 7.68. The van der Waals surface area contributed by atoms with Gasteiger partial charge >= 0.3 is 0 Å². The Morgan fingerprint density at radius 2 is 1.83 bits per heavy atom. The first-order chi connectivity index (χ1) is 8.45. The fourth-order valence-electron chi connectivity index (χ4n) is 2.55. The van der Waals surface area contributed by atoms with Crippen LogP contribution in [0.2, 0.25) is 0 Å². The van der Waals surface area contributed by atoms with Crippen LogP contribution in [0.3, 0.4) is 0 Å². The zero-order chi connectivity index (χ0) is 12.9. The van der Waals surface area contributed by atoms with Gasteiger partial charge < -0.3 is 9.47 Å². The van der Waals surface area contributed by atoms with Crippen molar-refractivity contribution in [3.05, 3.63) is 23.3 Å². The van der Waals surface area contributed by atoms with Crippen molar-refractivity contribution in [3.8, 4) is 11.5 Å². The summed E-state index contributed by atoms with van der Waals surface area (Å²) in [5.41, 5.74) is 2.15. The van der Waals surface area contributed by atoms with Crippen molar-refractivity contribution >= 4 is 10.0 Å². The smallest absolute Gasteiger partial charge is 0.231 e. The van der Waals surface area contributed by atoms with E-state index in [1.807, 2.05) is 19.1 Å². The molecule has 98 valence electrons. The predicted octanol–water partition coefficient (Wildman–Crippen LogP) is 1.12. The number of hydrogen-bond acceptors (Lipinski definition) is 4. The van der Waals surface area contributed by atoms with Gasteiger partial charge in [0.2, 0.25) is 16.8 Å². The molecule has 0 aromatic heterocycles. The quantitative estimate of drug-likeness (QED) is 0.766. The Morgan fingerprint density at radius 3 is 2.44 bits per heavy atom. The van der Waals surface area contributed by atoms with E-state index in [1.54, 1.807) is 0 Å². The van der Waals surface area contributed by atoms with Crippen molar-refractivity contribution < 1.29 is 17.9 Å². The number of nitrogens with zero attached hydrogens (tertiary/aromatic N) is 1. The molecule has 5 nitrogen and oxygen atoms in total. The van der Waals surface area contributed by atoms with E-state index < -0.39 is 10.0 Å². The minimum atomic E-state index is -3.17. The van der Waals surface area contributed by atoms with Gasteiger partial charge in [-0.15, -0.1) is 0 Å². The van der Waals surface area contributed by atoms with Crippen LogP contribution in [0.15, 0.2) is 12.1 Å². The molecule has 1 aromatic carbocycles. The van der Waals surface area contributed by atoms with Gasteiger partial charge in [0.15, 0.2) is 11.5 Å². The van der Waals surface area contributed by atoms with Gasteiger partial charge in [0.1, 0.15) is 0 Å². The number of hydrogen-bond donors (Lipinski definition) is 0. The highest BCUT2D eigenvalue weighted by molar-refractivity contribution is 7.88. The van der Waals surface area contributed by atoms with Crippen molar-refractivity contribution in [1.29, 1.82) is 0 Å². The number of sulfonamides is 1. The maximum absolute atomic E-state index is 11.7. The van der Waals surface area contributed by atoms with E-state index in [1.165, 1.54) is 10.6 Å². The molecule has 0 spiro atoms. The van der Waals surface area contributed by atoms with Gasteiger partial charge in [0, 0.05) is 12.6 Å². The maximum atomic E-state index is 11.7. The zero-order valence-electron chi connectivity index (χ0n) is 10.3. The molecule has 2 heterocycles. The van der Waals surface area contributed by atoms with E-state index in [-0.39, 0.29) is 12.8 Å². The summed E-state index contributed by atoms with van der Waals surface area (Å²) >= 11 is 0. The van der Waals surface area contributed by atoms with Crippen molar-refractivity contribution in [1.82, 2.24) is 4.31 Å². The van der Waals surface area contributed by atoms with Crippen LogP contribution in [0.25, 0.3) is 0 Å². The van der Waals surface area contributed by atoms with Gasteiger partial charge in [-0.05, 0) is 36.6 Å². The Kier molecular flexibility index (Phi) is 2.53. The summed E-state index contributed by atoms with van der Waals surface area (Å²) in [6.45, 7) is 2.57. The molecule has 0 N–H and O–H groups in total. The fraction of sp³-hybridized carbons (Fsp3) is 0.500. The summed E-state index contributed by atoms with van der Waals surface area (Å²) in [5.74, 6) is 1.46. The van der Waals surface area contributed by atoms with Gasteiger partial charge in [0.05, 0.1) is 6.26 Å². The molecule has 0 saturated heterocycles. The van der Waals surface area contributed by atoms with Crippen LogP contribution >= 0.6 is 0 Å². The molecule has 1 aromatic rings. The van der Waals surface area contributed by atoms with Crippen LogP contribution in [-0.2, 0) is 23.0 Å². The molecule has 0 radical (unpaired) electrons. The van der Waals surface area contributed by atoms with Gasteiger partial charge in [-0.1, -0.05) is 0 Å². The predicted molar refractivity (Wildman–Crippen MR) is 66.1 cm³/mol. The Morgan fingerprint density at radius 1 is 1.22 bits per heavy atom. The Balaban J connectivity index is 2.02. The van der Waals surface area contributed by atoms with Crippen molar-refractivity contribution in [2.75, 3.05) is 13.0 Å². The van der Waals surface area contributed by atoms with E-state index in [9.17, 15) is 8.42 Å². The van der Waals surface area contributed by atoms with Gasteiger partial charge in [0.25, 0.3) is 0 Å². The second-order valence-corrected chi connectivity index (χ2v) is 6.77. The molecule has 6 heteroatoms. The van der Waals surface area contributed by atoms with Crippen LogP contribution < -0.4 is 9.47 Å². The lowest BCUT2D eigenvalue weighted by atomic mass is 9.96. The average molecular weight is 269 g/mol. The van der Waals surface area contributed by atoms with Gasteiger partial charge in [-0.2, -0.15) is 4.31 Å². The lowest BCUT2D eigenvalue weighted by Crippen LogP contribution is -2.41. The molecule has 2 aliphatic rings. The topological polar surface area (TPSA) is 55.8 Å². The molecular weight excluding hydrogens is 254 g/mol. The van der Waals surface area contributed by atoms with E-state index in [2.05, 4.69) is 0 Å². The second-order valence-electron chi connectivity index (χ2n) is 4.84. The summed E-state index contributed by atoms with van der Waals surface area (Å²) in [5, 5.41) is 0. The minimum Gasteiger partial charge on any atom is -0.454 e. The lowest BCUT2D eigenvalue weighted by molar-refractivity contribution is 0.174. The Labute approximate surface area is 106 Å². The molecule has 0 saturated carbocycles. The molecule has 0 fully saturated rings. The number of ether oxygens (including phenoxy) is 2. The van der Waals surface area contributed by atoms with Gasteiger partial charge in [-0.3, -0.25) is 0 Å². The third kappa shape index (κ3) is 1.85. The number of rotatable bonds is 1. The van der Waals surface area contributed by atoms with E-state index in [0.29, 0.717) is 18.7 Å². The molecule has 0 amide bonds. The number of benzene rings is 1. The molecule has 0 aliphatic carbocycles. The fourth-order valence-corrected chi connectivity index (χ4v) is 3.65. The molecule has 3 rings (SSSR count). The van der Waals surface area contributed by atoms with Crippen molar-refractivity contribution in [3.63, 3.8) is 0 Å². The Hall–Kier alpha value is -1.27. The highest BCUT2D eigenvalue weighted by atomic mass is 32.2. The SMILES string of the molecule is CC1Cc2cc3c(cc2CN1S(C)(=O)=O)OCO3. The molecule has 1 unspecified atom stereocenters. The lowest BCUT2D eigenvalue weighted by Gasteiger charge is -2.32. The second kappa shape index (κ2) is 3.86. The van der Waals surface area contributed by atoms with Crippen molar-refractivity contribution in [2.24, 2.45) is 0 Å². The van der Waals surface area contributed by atoms with Crippen LogP contribution in [0, 0.1) is 0 Å². The molecule has 1 atom stereocenters. The summed E-state index contributed by atoms with van der Waals surface area (Å²) in [6, 6.07) is 3.84. The molecule has 0 bridgehead atoms. The molecule has 2 aliphatic heterocycles. The van der Waals surface area contributed by atoms with E-state index in [4.69, 9.17) is 9.47 Å². The van der Waals surface area contributed by atoms with Crippen LogP contribution in [0.4, 0.5) is 0 Å². The minimum absolute atomic E-state index is 0.0205. The largest absolute Gasteiger partial charge is 0.454 e. The zero-order valence-corrected chi connectivity index (χ0v) is 11.2. The van der Waals surface area contributed by atoms with Crippen LogP contribution in [0.1, 0.15) is 18.1 Å². The highest BCUT2D eigenvalue weighted by Crippen LogP contribution is 2.38. The van der Waals surface area contributed by atoms with E-state index in [0.717, 1.165) is 16.9 Å². The van der Waals surface area contributed by atoms with Crippen LogP contribution in [-0.4, -0.2) is 31.8 Å². The normalized spacial score (nSPS) is 22.9. The average Bonchev–Trinajstić information content (AvgIpc) is 2.70. The number of fused-ring (bicyclic) bond motifs is 2. The first kappa shape index (κ1) is 11.8. The van der Waals surface area contributed by atoms with E-state index >= 15 is 0 Å². The third-order valence-corrected chi connectivity index (χ3v) is 4.79. The van der Waals surface area contributed by atoms with Gasteiger partial charge in [-0.25, -0.2) is 8.42 Å². The highest BCUT2D eigenvalue weighted by Gasteiger charge is 2.31. The van der Waals surface area contributed by atoms with Crippen molar-refractivity contribution in [2.45, 2.75) is 25.9 Å². The first-order valence-electron chi connectivity index (χ1n) is 5.83. The molecule has 18 heavy (non-hydrogen) atoms. The maximum Gasteiger partial charge on any atom is 0.231 e. The summed E-state index contributed by atoms with van der Waals surface area (Å²) in [6.07, 6.45) is 1.96.